The zero-order chi connectivity index (χ0) is 8.27. The Morgan fingerprint density at radius 2 is 1.85 bits per heavy atom. The smallest absolute Gasteiger partial charge is 0.860 e. The Balaban J connectivity index is 0. The van der Waals surface area contributed by atoms with Crippen molar-refractivity contribution in [2.75, 3.05) is 5.73 Å². The molecule has 0 atom stereocenters. The van der Waals surface area contributed by atoms with Crippen LogP contribution < -0.4 is 79.6 Å². The summed E-state index contributed by atoms with van der Waals surface area (Å²) in [6.07, 6.45) is 0. The van der Waals surface area contributed by atoms with E-state index < -0.39 is 7.32 Å². The molecule has 0 aliphatic heterocycles. The van der Waals surface area contributed by atoms with Crippen molar-refractivity contribution in [1.29, 1.82) is 0 Å². The van der Waals surface area contributed by atoms with Gasteiger partial charge in [0, 0.05) is 11.8 Å². The first-order valence-corrected chi connectivity index (χ1v) is 3.02. The van der Waals surface area contributed by atoms with Gasteiger partial charge in [-0.25, -0.2) is 0 Å². The van der Waals surface area contributed by atoms with Gasteiger partial charge in [-0.05, 0) is 12.1 Å². The van der Waals surface area contributed by atoms with Gasteiger partial charge < -0.3 is 20.4 Å². The van der Waals surface area contributed by atoms with Crippen LogP contribution in [-0.2, 0) is 0 Å². The molecule has 4 nitrogen and oxygen atoms in total. The Morgan fingerprint density at radius 3 is 2.31 bits per heavy atom. The van der Waals surface area contributed by atoms with Crippen molar-refractivity contribution in [3.63, 3.8) is 0 Å². The molecule has 13 heavy (non-hydrogen) atoms. The van der Waals surface area contributed by atoms with Crippen LogP contribution in [0.25, 0.3) is 0 Å². The van der Waals surface area contributed by atoms with Crippen molar-refractivity contribution in [2.45, 2.75) is 0 Å². The number of benzene rings is 1. The summed E-state index contributed by atoms with van der Waals surface area (Å²) in [6, 6.07) is 6.16. The number of nitrogen functional groups attached to an aromatic ring is 1. The van der Waals surface area contributed by atoms with E-state index in [1.807, 2.05) is 0 Å². The van der Waals surface area contributed by atoms with Gasteiger partial charge in [-0.1, -0.05) is 6.07 Å². The summed E-state index contributed by atoms with van der Waals surface area (Å²) < 4.78 is 4.30. The normalized spacial score (nSPS) is 7.85. The van der Waals surface area contributed by atoms with Gasteiger partial charge in [-0.15, -0.1) is 0 Å². The van der Waals surface area contributed by atoms with Gasteiger partial charge in [0.2, 0.25) is 0 Å². The minimum absolute atomic E-state index is 0. The van der Waals surface area contributed by atoms with E-state index >= 15 is 0 Å². The summed E-state index contributed by atoms with van der Waals surface area (Å²) in [4.78, 5) is 0. The van der Waals surface area contributed by atoms with E-state index in [9.17, 15) is 10.0 Å². The molecule has 0 aliphatic rings. The average Bonchev–Trinajstić information content (AvgIpc) is 1.85. The summed E-state index contributed by atoms with van der Waals surface area (Å²) in [6.45, 7) is 0. The van der Waals surface area contributed by atoms with E-state index in [2.05, 4.69) is 4.65 Å². The fourth-order valence-corrected chi connectivity index (χ4v) is 0.699. The molecule has 0 spiro atoms. The van der Waals surface area contributed by atoms with Crippen molar-refractivity contribution < 1.29 is 73.8 Å². The molecule has 0 amide bonds. The Kier molecular flexibility index (Phi) is 10.2. The molecule has 0 bridgehead atoms. The molecule has 58 valence electrons. The van der Waals surface area contributed by atoms with E-state index in [0.29, 0.717) is 5.69 Å². The zero-order valence-corrected chi connectivity index (χ0v) is 11.7. The molecule has 1 aromatic carbocycles. The number of hydrogen-bond acceptors (Lipinski definition) is 4. The van der Waals surface area contributed by atoms with Crippen LogP contribution in [0.15, 0.2) is 24.3 Å². The second-order valence-electron chi connectivity index (χ2n) is 1.98. The third kappa shape index (κ3) is 6.82. The van der Waals surface area contributed by atoms with Crippen LogP contribution in [0.3, 0.4) is 0 Å². The average molecular weight is 197 g/mol. The third-order valence-corrected chi connectivity index (χ3v) is 1.09. The first-order valence-electron chi connectivity index (χ1n) is 3.02. The fourth-order valence-electron chi connectivity index (χ4n) is 0.699. The molecule has 0 aliphatic carbocycles. The standard InChI is InChI=1S/C6H6BNO3.2Na/c8-5-2-1-3-6(4-5)11-7(9)10;;/h1-4H,8H2;;/q-2;2*+1. The molecule has 0 fully saturated rings. The van der Waals surface area contributed by atoms with Crippen LogP contribution in [0.5, 0.6) is 5.75 Å². The summed E-state index contributed by atoms with van der Waals surface area (Å²) in [7, 11) is -2.29. The van der Waals surface area contributed by atoms with Crippen LogP contribution >= 0.6 is 0 Å². The van der Waals surface area contributed by atoms with E-state index in [1.165, 1.54) is 12.1 Å². The maximum Gasteiger partial charge on any atom is 1.00 e. The molecule has 1 rings (SSSR count). The molecule has 0 saturated carbocycles. The Labute approximate surface area is 121 Å². The van der Waals surface area contributed by atoms with Crippen molar-refractivity contribution in [1.82, 2.24) is 0 Å². The summed E-state index contributed by atoms with van der Waals surface area (Å²) in [5, 5.41) is 20.0. The van der Waals surface area contributed by atoms with Crippen LogP contribution in [0, 0.1) is 0 Å². The maximum atomic E-state index is 9.99. The van der Waals surface area contributed by atoms with E-state index in [-0.39, 0.29) is 64.9 Å². The van der Waals surface area contributed by atoms with Crippen molar-refractivity contribution in [2.24, 2.45) is 0 Å². The number of rotatable bonds is 2. The van der Waals surface area contributed by atoms with E-state index in [1.54, 1.807) is 12.1 Å². The molecule has 0 radical (unpaired) electrons. The predicted molar refractivity (Wildman–Crippen MR) is 37.2 cm³/mol. The Bertz CT molecular complexity index is 249. The molecule has 7 heteroatoms. The second-order valence-corrected chi connectivity index (χ2v) is 1.98. The molecule has 0 heterocycles. The molecule has 0 unspecified atom stereocenters. The minimum Gasteiger partial charge on any atom is -0.860 e. The summed E-state index contributed by atoms with van der Waals surface area (Å²) >= 11 is 0. The predicted octanol–water partition coefficient (Wildman–Crippen LogP) is -7.64. The van der Waals surface area contributed by atoms with Crippen molar-refractivity contribution in [3.05, 3.63) is 24.3 Å². The minimum atomic E-state index is -2.29. The molecule has 1 aromatic rings. The first-order chi connectivity index (χ1) is 5.18. The van der Waals surface area contributed by atoms with Gasteiger partial charge in [0.1, 0.15) is 7.32 Å². The Morgan fingerprint density at radius 1 is 1.23 bits per heavy atom. The molecule has 0 aromatic heterocycles. The summed E-state index contributed by atoms with van der Waals surface area (Å²) in [5.41, 5.74) is 5.81. The quantitative estimate of drug-likeness (QED) is 0.377. The first kappa shape index (κ1) is 16.2. The topological polar surface area (TPSA) is 81.4 Å². The molecule has 0 saturated heterocycles. The number of nitrogens with two attached hydrogens (primary N) is 1. The summed E-state index contributed by atoms with van der Waals surface area (Å²) in [5.74, 6) is 0.208. The van der Waals surface area contributed by atoms with Gasteiger partial charge >= 0.3 is 59.1 Å². The largest absolute Gasteiger partial charge is 1.00 e. The fraction of sp³-hybridized carbons (Fsp3) is 0. The van der Waals surface area contributed by atoms with Gasteiger partial charge in [-0.3, -0.25) is 0 Å². The van der Waals surface area contributed by atoms with Crippen LogP contribution in [-0.4, -0.2) is 7.32 Å². The second kappa shape index (κ2) is 8.14. The van der Waals surface area contributed by atoms with Crippen LogP contribution in [0.4, 0.5) is 5.69 Å². The van der Waals surface area contributed by atoms with Crippen molar-refractivity contribution >= 4 is 13.0 Å². The van der Waals surface area contributed by atoms with Gasteiger partial charge in [0.05, 0.1) is 5.75 Å². The number of hydrogen-bond donors (Lipinski definition) is 1. The van der Waals surface area contributed by atoms with Crippen LogP contribution in [0.2, 0.25) is 0 Å². The SMILES string of the molecule is Nc1cccc(OB([O-])[O-])c1.[Na+].[Na+]. The van der Waals surface area contributed by atoms with Gasteiger partial charge in [0.15, 0.2) is 0 Å². The van der Waals surface area contributed by atoms with Gasteiger partial charge in [0.25, 0.3) is 0 Å². The number of anilines is 1. The van der Waals surface area contributed by atoms with Crippen molar-refractivity contribution in [3.8, 4) is 5.75 Å². The zero-order valence-electron chi connectivity index (χ0n) is 7.69. The third-order valence-electron chi connectivity index (χ3n) is 1.09. The molecular weight excluding hydrogens is 191 g/mol. The molecular formula is C6H6BNNa2O3. The van der Waals surface area contributed by atoms with Crippen LogP contribution in [0.1, 0.15) is 0 Å². The Hall–Kier alpha value is 0.805. The molecule has 2 N–H and O–H groups in total. The van der Waals surface area contributed by atoms with E-state index in [0.717, 1.165) is 0 Å². The monoisotopic (exact) mass is 197 g/mol. The van der Waals surface area contributed by atoms with Gasteiger partial charge in [-0.2, -0.15) is 0 Å². The van der Waals surface area contributed by atoms with E-state index in [4.69, 9.17) is 5.73 Å². The maximum absolute atomic E-state index is 9.99.